The second-order valence-corrected chi connectivity index (χ2v) is 10.6. The van der Waals surface area contributed by atoms with Crippen molar-refractivity contribution in [3.05, 3.63) is 93.5 Å². The molecule has 1 N–H and O–H groups in total. The van der Waals surface area contributed by atoms with Crippen LogP contribution >= 0.6 is 11.9 Å². The van der Waals surface area contributed by atoms with E-state index in [1.807, 2.05) is 62.5 Å². The molecule has 1 saturated carbocycles. The average Bonchev–Trinajstić information content (AvgIpc) is 3.59. The summed E-state index contributed by atoms with van der Waals surface area (Å²) < 4.78 is 25.8. The zero-order valence-corrected chi connectivity index (χ0v) is 21.3. The molecule has 3 aromatic carbocycles. The lowest BCUT2D eigenvalue weighted by atomic mass is 9.97. The first-order chi connectivity index (χ1) is 16.8. The van der Waals surface area contributed by atoms with Crippen molar-refractivity contribution in [1.29, 1.82) is 0 Å². The molecule has 0 amide bonds. The van der Waals surface area contributed by atoms with Gasteiger partial charge in [0, 0.05) is 28.6 Å². The maximum absolute atomic E-state index is 13.9. The zero-order chi connectivity index (χ0) is 24.7. The van der Waals surface area contributed by atoms with E-state index in [1.54, 1.807) is 11.9 Å². The molecule has 0 aliphatic heterocycles. The minimum absolute atomic E-state index is 0.0953. The number of nitrogens with zero attached hydrogens (tertiary/aromatic N) is 1. The van der Waals surface area contributed by atoms with E-state index in [9.17, 15) is 9.18 Å². The molecular formula is C29H29FN2O2S. The Bertz CT molecular complexity index is 1470. The highest BCUT2D eigenvalue weighted by Crippen LogP contribution is 2.47. The predicted octanol–water partition coefficient (Wildman–Crippen LogP) is 7.67. The SMILES string of the molecule is CCSNc1ccc(Oc2c(C)cc(F)cc2C)c(-n2cc(C3(C)CC3)c(=O)c3ccccc32)c1. The summed E-state index contributed by atoms with van der Waals surface area (Å²) >= 11 is 1.61. The zero-order valence-electron chi connectivity index (χ0n) is 20.4. The van der Waals surface area contributed by atoms with Gasteiger partial charge in [-0.1, -0.05) is 37.9 Å². The number of anilines is 1. The van der Waals surface area contributed by atoms with E-state index in [2.05, 4.69) is 23.1 Å². The summed E-state index contributed by atoms with van der Waals surface area (Å²) in [7, 11) is 0. The highest BCUT2D eigenvalue weighted by Gasteiger charge is 2.41. The van der Waals surface area contributed by atoms with Crippen LogP contribution in [0.5, 0.6) is 11.5 Å². The van der Waals surface area contributed by atoms with Gasteiger partial charge in [-0.3, -0.25) is 4.79 Å². The summed E-state index contributed by atoms with van der Waals surface area (Å²) in [5.41, 5.74) is 4.87. The quantitative estimate of drug-likeness (QED) is 0.271. The summed E-state index contributed by atoms with van der Waals surface area (Å²) in [5, 5.41) is 0.694. The molecule has 1 aromatic heterocycles. The number of aromatic nitrogens is 1. The van der Waals surface area contributed by atoms with Crippen molar-refractivity contribution in [3.63, 3.8) is 0 Å². The molecule has 0 spiro atoms. The van der Waals surface area contributed by atoms with Gasteiger partial charge < -0.3 is 14.0 Å². The van der Waals surface area contributed by atoms with Crippen molar-refractivity contribution in [2.24, 2.45) is 0 Å². The van der Waals surface area contributed by atoms with Gasteiger partial charge in [0.2, 0.25) is 0 Å². The number of para-hydroxylation sites is 1. The first kappa shape index (κ1) is 23.5. The van der Waals surface area contributed by atoms with E-state index in [0.29, 0.717) is 16.9 Å². The molecule has 4 aromatic rings. The highest BCUT2D eigenvalue weighted by molar-refractivity contribution is 8.00. The Kier molecular flexibility index (Phi) is 6.09. The number of ether oxygens (including phenoxy) is 1. The molecule has 1 fully saturated rings. The molecule has 6 heteroatoms. The average molecular weight is 489 g/mol. The predicted molar refractivity (Wildman–Crippen MR) is 144 cm³/mol. The van der Waals surface area contributed by atoms with Crippen LogP contribution in [0, 0.1) is 19.7 Å². The van der Waals surface area contributed by atoms with Gasteiger partial charge in [0.25, 0.3) is 0 Å². The summed E-state index contributed by atoms with van der Waals surface area (Å²) in [6.07, 6.45) is 4.00. The van der Waals surface area contributed by atoms with Crippen LogP contribution in [-0.2, 0) is 5.41 Å². The van der Waals surface area contributed by atoms with Gasteiger partial charge >= 0.3 is 0 Å². The number of pyridine rings is 1. The lowest BCUT2D eigenvalue weighted by Gasteiger charge is -2.21. The molecule has 5 rings (SSSR count). The first-order valence-electron chi connectivity index (χ1n) is 11.9. The molecule has 1 aliphatic rings. The van der Waals surface area contributed by atoms with Gasteiger partial charge in [0.15, 0.2) is 11.2 Å². The number of fused-ring (bicyclic) bond motifs is 1. The highest BCUT2D eigenvalue weighted by atomic mass is 32.2. The van der Waals surface area contributed by atoms with Crippen molar-refractivity contribution in [2.75, 3.05) is 10.5 Å². The number of benzene rings is 3. The number of hydrogen-bond acceptors (Lipinski definition) is 4. The molecule has 4 nitrogen and oxygen atoms in total. The second-order valence-electron chi connectivity index (χ2n) is 9.51. The van der Waals surface area contributed by atoms with Gasteiger partial charge in [0.1, 0.15) is 11.6 Å². The standard InChI is InChI=1S/C29H29FN2O2S/c1-5-35-31-21-10-11-26(34-28-18(2)14-20(30)15-19(28)3)25(16-21)32-17-23(29(4)12-13-29)27(33)22-8-6-7-9-24(22)32/h6-11,14-17,31H,5,12-13H2,1-4H3. The number of rotatable bonds is 7. The number of halogens is 1. The Hall–Kier alpha value is -3.25. The number of nitrogens with one attached hydrogen (secondary N) is 1. The van der Waals surface area contributed by atoms with Crippen molar-refractivity contribution < 1.29 is 9.13 Å². The lowest BCUT2D eigenvalue weighted by molar-refractivity contribution is 0.470. The topological polar surface area (TPSA) is 43.3 Å². The Balaban J connectivity index is 1.75. The van der Waals surface area contributed by atoms with Gasteiger partial charge in [-0.2, -0.15) is 0 Å². The minimum Gasteiger partial charge on any atom is -0.455 e. The smallest absolute Gasteiger partial charge is 0.193 e. The van der Waals surface area contributed by atoms with E-state index < -0.39 is 0 Å². The maximum atomic E-state index is 13.9. The molecule has 0 saturated heterocycles. The van der Waals surface area contributed by atoms with Gasteiger partial charge in [-0.25, -0.2) is 4.39 Å². The van der Waals surface area contributed by atoms with E-state index in [4.69, 9.17) is 4.74 Å². The molecule has 35 heavy (non-hydrogen) atoms. The maximum Gasteiger partial charge on any atom is 0.193 e. The third kappa shape index (κ3) is 4.43. The largest absolute Gasteiger partial charge is 0.455 e. The van der Waals surface area contributed by atoms with Crippen LogP contribution in [0.3, 0.4) is 0 Å². The van der Waals surface area contributed by atoms with Gasteiger partial charge in [0.05, 0.1) is 11.2 Å². The lowest BCUT2D eigenvalue weighted by Crippen LogP contribution is -2.20. The molecule has 0 radical (unpaired) electrons. The summed E-state index contributed by atoms with van der Waals surface area (Å²) in [6, 6.07) is 16.6. The van der Waals surface area contributed by atoms with Crippen LogP contribution in [0.15, 0.2) is 65.6 Å². The fourth-order valence-corrected chi connectivity index (χ4v) is 4.98. The molecule has 0 unspecified atom stereocenters. The molecular weight excluding hydrogens is 459 g/mol. The van der Waals surface area contributed by atoms with Crippen LogP contribution in [0.1, 0.15) is 43.4 Å². The second kappa shape index (κ2) is 9.08. The third-order valence-electron chi connectivity index (χ3n) is 6.75. The summed E-state index contributed by atoms with van der Waals surface area (Å²) in [6.45, 7) is 7.94. The van der Waals surface area contributed by atoms with Crippen LogP contribution in [0.4, 0.5) is 10.1 Å². The third-order valence-corrected chi connectivity index (χ3v) is 7.42. The van der Waals surface area contributed by atoms with Gasteiger partial charge in [-0.15, -0.1) is 0 Å². The van der Waals surface area contributed by atoms with E-state index in [1.165, 1.54) is 12.1 Å². The Morgan fingerprint density at radius 3 is 2.49 bits per heavy atom. The van der Waals surface area contributed by atoms with Crippen LogP contribution in [0.2, 0.25) is 0 Å². The fraction of sp³-hybridized carbons (Fsp3) is 0.276. The number of hydrogen-bond donors (Lipinski definition) is 1. The summed E-state index contributed by atoms with van der Waals surface area (Å²) in [4.78, 5) is 13.4. The van der Waals surface area contributed by atoms with Crippen molar-refractivity contribution in [1.82, 2.24) is 4.57 Å². The van der Waals surface area contributed by atoms with E-state index >= 15 is 0 Å². The Morgan fingerprint density at radius 1 is 1.09 bits per heavy atom. The minimum atomic E-state index is -0.280. The van der Waals surface area contributed by atoms with Crippen molar-refractivity contribution in [3.8, 4) is 17.2 Å². The summed E-state index contributed by atoms with van der Waals surface area (Å²) in [5.74, 6) is 1.91. The Labute approximate surface area is 209 Å². The van der Waals surface area contributed by atoms with Crippen molar-refractivity contribution in [2.45, 2.75) is 46.0 Å². The fourth-order valence-electron chi connectivity index (χ4n) is 4.54. The monoisotopic (exact) mass is 488 g/mol. The van der Waals surface area contributed by atoms with Crippen LogP contribution < -0.4 is 14.9 Å². The van der Waals surface area contributed by atoms with Crippen molar-refractivity contribution >= 4 is 28.5 Å². The molecule has 1 aliphatic carbocycles. The van der Waals surface area contributed by atoms with Crippen LogP contribution in [0.25, 0.3) is 16.6 Å². The van der Waals surface area contributed by atoms with E-state index in [-0.39, 0.29) is 16.7 Å². The Morgan fingerprint density at radius 2 is 1.80 bits per heavy atom. The van der Waals surface area contributed by atoms with Crippen LogP contribution in [-0.4, -0.2) is 10.3 Å². The number of aryl methyl sites for hydroxylation is 2. The van der Waals surface area contributed by atoms with E-state index in [0.717, 1.165) is 52.2 Å². The first-order valence-corrected chi connectivity index (χ1v) is 12.9. The molecule has 0 bridgehead atoms. The molecule has 0 atom stereocenters. The molecule has 1 heterocycles. The normalized spacial score (nSPS) is 14.2. The van der Waals surface area contributed by atoms with Gasteiger partial charge in [-0.05, 0) is 85.7 Å². The molecule has 180 valence electrons.